The van der Waals surface area contributed by atoms with Gasteiger partial charge in [0.15, 0.2) is 0 Å². The second-order valence-corrected chi connectivity index (χ2v) is 6.20. The maximum atomic E-state index is 12.4. The van der Waals surface area contributed by atoms with Crippen LogP contribution in [0, 0.1) is 20.8 Å². The average molecular weight is 352 g/mol. The van der Waals surface area contributed by atoms with E-state index in [1.807, 2.05) is 26.8 Å². The monoisotopic (exact) mass is 352 g/mol. The normalized spacial score (nSPS) is 11.3. The lowest BCUT2D eigenvalue weighted by Crippen LogP contribution is -2.26. The molecule has 3 aromatic heterocycles. The van der Waals surface area contributed by atoms with E-state index in [4.69, 9.17) is 8.83 Å². The van der Waals surface area contributed by atoms with E-state index in [2.05, 4.69) is 15.6 Å². The Balaban J connectivity index is 1.79. The zero-order valence-electron chi connectivity index (χ0n) is 14.5. The first-order valence-electron chi connectivity index (χ1n) is 8.04. The number of carbonyl (C=O) groups excluding carboxylic acids is 1. The molecular weight excluding hydrogens is 336 g/mol. The van der Waals surface area contributed by atoms with Crippen LogP contribution in [0.2, 0.25) is 0 Å². The van der Waals surface area contributed by atoms with Crippen molar-refractivity contribution in [2.24, 2.45) is 0 Å². The van der Waals surface area contributed by atoms with E-state index >= 15 is 0 Å². The van der Waals surface area contributed by atoms with Crippen LogP contribution in [0.5, 0.6) is 0 Å². The Kier molecular flexibility index (Phi) is 3.61. The molecule has 0 radical (unpaired) electrons. The van der Waals surface area contributed by atoms with Crippen molar-refractivity contribution in [3.05, 3.63) is 57.7 Å². The molecule has 0 bridgehead atoms. The van der Waals surface area contributed by atoms with Gasteiger partial charge in [-0.05, 0) is 38.0 Å². The van der Waals surface area contributed by atoms with Gasteiger partial charge in [0.2, 0.25) is 5.91 Å². The first-order valence-corrected chi connectivity index (χ1v) is 8.04. The number of rotatable bonds is 3. The minimum absolute atomic E-state index is 0.107. The van der Waals surface area contributed by atoms with Crippen LogP contribution < -0.4 is 11.1 Å². The van der Waals surface area contributed by atoms with Gasteiger partial charge in [-0.3, -0.25) is 10.2 Å². The number of amides is 1. The van der Waals surface area contributed by atoms with E-state index < -0.39 is 5.63 Å². The van der Waals surface area contributed by atoms with Crippen molar-refractivity contribution in [3.63, 3.8) is 0 Å². The lowest BCUT2D eigenvalue weighted by atomic mass is 10.0. The third-order valence-corrected chi connectivity index (χ3v) is 4.59. The molecule has 0 aliphatic heterocycles. The molecule has 0 fully saturated rings. The van der Waals surface area contributed by atoms with Crippen LogP contribution >= 0.6 is 0 Å². The molecule has 8 heteroatoms. The van der Waals surface area contributed by atoms with Gasteiger partial charge < -0.3 is 8.83 Å². The van der Waals surface area contributed by atoms with Gasteiger partial charge in [-0.2, -0.15) is 0 Å². The molecule has 1 amide bonds. The molecule has 8 nitrogen and oxygen atoms in total. The number of aryl methyl sites for hydroxylation is 3. The molecule has 1 N–H and O–H groups in total. The molecule has 132 valence electrons. The number of nitrogens with zero attached hydrogens (tertiary/aromatic N) is 3. The minimum atomic E-state index is -0.534. The second kappa shape index (κ2) is 5.83. The van der Waals surface area contributed by atoms with Gasteiger partial charge in [0, 0.05) is 16.8 Å². The van der Waals surface area contributed by atoms with Gasteiger partial charge in [0.05, 0.1) is 12.0 Å². The van der Waals surface area contributed by atoms with Crippen LogP contribution in [0.4, 0.5) is 0 Å². The lowest BCUT2D eigenvalue weighted by Gasteiger charge is -2.08. The van der Waals surface area contributed by atoms with E-state index in [9.17, 15) is 9.59 Å². The number of nitrogens with one attached hydrogen (secondary N) is 1. The molecule has 0 aliphatic rings. The predicted molar refractivity (Wildman–Crippen MR) is 94.6 cm³/mol. The van der Waals surface area contributed by atoms with Gasteiger partial charge in [0.25, 0.3) is 0 Å². The Morgan fingerprint density at radius 1 is 1.04 bits per heavy atom. The SMILES string of the molecule is Cc1oc2cc3oc(=O)c(CC(=O)Nn4cnnc4)c(C)c3cc2c1C. The highest BCUT2D eigenvalue weighted by molar-refractivity contribution is 5.97. The third-order valence-electron chi connectivity index (χ3n) is 4.59. The molecule has 1 aromatic carbocycles. The molecule has 0 saturated carbocycles. The van der Waals surface area contributed by atoms with Gasteiger partial charge in [0.1, 0.15) is 29.6 Å². The van der Waals surface area contributed by atoms with Crippen molar-refractivity contribution in [2.45, 2.75) is 27.2 Å². The highest BCUT2D eigenvalue weighted by Crippen LogP contribution is 2.30. The van der Waals surface area contributed by atoms with E-state index in [0.717, 1.165) is 27.7 Å². The summed E-state index contributed by atoms with van der Waals surface area (Å²) in [7, 11) is 0. The van der Waals surface area contributed by atoms with E-state index in [1.165, 1.54) is 17.3 Å². The third kappa shape index (κ3) is 2.55. The number of benzene rings is 1. The number of carbonyl (C=O) groups is 1. The Morgan fingerprint density at radius 2 is 1.69 bits per heavy atom. The molecule has 0 unspecified atom stereocenters. The maximum Gasteiger partial charge on any atom is 0.340 e. The average Bonchev–Trinajstić information content (AvgIpc) is 3.19. The molecular formula is C18H16N4O4. The number of furan rings is 1. The number of hydrogen-bond donors (Lipinski definition) is 1. The predicted octanol–water partition coefficient (Wildman–Crippen LogP) is 2.37. The van der Waals surface area contributed by atoms with Crippen molar-refractivity contribution in [3.8, 4) is 0 Å². The zero-order chi connectivity index (χ0) is 18.4. The van der Waals surface area contributed by atoms with Crippen LogP contribution in [0.1, 0.15) is 22.5 Å². The number of aromatic nitrogens is 3. The van der Waals surface area contributed by atoms with Crippen LogP contribution in [0.3, 0.4) is 0 Å². The van der Waals surface area contributed by atoms with Gasteiger partial charge >= 0.3 is 5.63 Å². The highest BCUT2D eigenvalue weighted by atomic mass is 16.4. The fraction of sp³-hybridized carbons (Fsp3) is 0.222. The van der Waals surface area contributed by atoms with Crippen LogP contribution in [0.25, 0.3) is 21.9 Å². The molecule has 0 atom stereocenters. The Hall–Kier alpha value is -3.42. The first kappa shape index (κ1) is 16.1. The summed E-state index contributed by atoms with van der Waals surface area (Å²) in [4.78, 5) is 24.6. The maximum absolute atomic E-state index is 12.4. The molecule has 26 heavy (non-hydrogen) atoms. The largest absolute Gasteiger partial charge is 0.461 e. The van der Waals surface area contributed by atoms with E-state index in [1.54, 1.807) is 6.07 Å². The molecule has 0 aliphatic carbocycles. The quantitative estimate of drug-likeness (QED) is 0.568. The van der Waals surface area contributed by atoms with Crippen LogP contribution in [-0.2, 0) is 11.2 Å². The summed E-state index contributed by atoms with van der Waals surface area (Å²) in [5.41, 5.74) is 5.23. The molecule has 4 aromatic rings. The van der Waals surface area contributed by atoms with Gasteiger partial charge in [-0.15, -0.1) is 10.2 Å². The fourth-order valence-electron chi connectivity index (χ4n) is 3.03. The molecule has 0 spiro atoms. The second-order valence-electron chi connectivity index (χ2n) is 6.20. The number of fused-ring (bicyclic) bond motifs is 2. The number of hydrogen-bond acceptors (Lipinski definition) is 6. The summed E-state index contributed by atoms with van der Waals surface area (Å²) in [6, 6.07) is 3.66. The first-order chi connectivity index (χ1) is 12.4. The zero-order valence-corrected chi connectivity index (χ0v) is 14.5. The Bertz CT molecular complexity index is 1200. The summed E-state index contributed by atoms with van der Waals surface area (Å²) >= 11 is 0. The van der Waals surface area contributed by atoms with Crippen LogP contribution in [-0.4, -0.2) is 20.8 Å². The summed E-state index contributed by atoms with van der Waals surface area (Å²) in [6.45, 7) is 5.69. The van der Waals surface area contributed by atoms with Crippen molar-refractivity contribution in [1.29, 1.82) is 0 Å². The Morgan fingerprint density at radius 3 is 2.42 bits per heavy atom. The molecule has 4 rings (SSSR count). The van der Waals surface area contributed by atoms with Crippen LogP contribution in [0.15, 0.2) is 38.4 Å². The highest BCUT2D eigenvalue weighted by Gasteiger charge is 2.17. The Labute approximate surface area is 147 Å². The van der Waals surface area contributed by atoms with Crippen molar-refractivity contribution in [2.75, 3.05) is 5.43 Å². The van der Waals surface area contributed by atoms with Crippen molar-refractivity contribution in [1.82, 2.24) is 14.9 Å². The fourth-order valence-corrected chi connectivity index (χ4v) is 3.03. The van der Waals surface area contributed by atoms with E-state index in [0.29, 0.717) is 16.7 Å². The summed E-state index contributed by atoms with van der Waals surface area (Å²) < 4.78 is 12.5. The smallest absolute Gasteiger partial charge is 0.340 e. The van der Waals surface area contributed by atoms with Gasteiger partial charge in [-0.25, -0.2) is 9.47 Å². The standard InChI is InChI=1S/C18H16N4O4/c1-9-11(3)25-15-6-16-13(4-12(9)15)10(2)14(18(24)26-16)5-17(23)21-22-7-19-20-8-22/h4,6-8H,5H2,1-3H3,(H,21,23). The van der Waals surface area contributed by atoms with E-state index in [-0.39, 0.29) is 12.3 Å². The topological polar surface area (TPSA) is 103 Å². The van der Waals surface area contributed by atoms with Crippen molar-refractivity contribution < 1.29 is 13.6 Å². The minimum Gasteiger partial charge on any atom is -0.461 e. The summed E-state index contributed by atoms with van der Waals surface area (Å²) in [5.74, 6) is 0.458. The summed E-state index contributed by atoms with van der Waals surface area (Å²) in [5, 5.41) is 8.96. The lowest BCUT2D eigenvalue weighted by molar-refractivity contribution is -0.116. The molecule has 3 heterocycles. The van der Waals surface area contributed by atoms with Gasteiger partial charge in [-0.1, -0.05) is 0 Å². The summed E-state index contributed by atoms with van der Waals surface area (Å²) in [6.07, 6.45) is 2.60. The molecule has 0 saturated heterocycles. The van der Waals surface area contributed by atoms with Crippen molar-refractivity contribution >= 4 is 27.8 Å².